The van der Waals surface area contributed by atoms with Crippen LogP contribution in [0.1, 0.15) is 316 Å². The quantitative estimate of drug-likeness (QED) is 0.0321. The lowest BCUT2D eigenvalue weighted by Crippen LogP contribution is -2.45. The number of ether oxygens (including phenoxy) is 1. The van der Waals surface area contributed by atoms with Gasteiger partial charge in [0.2, 0.25) is 5.91 Å². The van der Waals surface area contributed by atoms with Crippen LogP contribution in [0.25, 0.3) is 0 Å². The largest absolute Gasteiger partial charge is 0.465 e. The lowest BCUT2D eigenvalue weighted by molar-refractivity contribution is -0.143. The van der Waals surface area contributed by atoms with Gasteiger partial charge in [0.25, 0.3) is 0 Å². The minimum absolute atomic E-state index is 0.0517. The first kappa shape index (κ1) is 68.6. The molecule has 0 saturated heterocycles. The summed E-state index contributed by atoms with van der Waals surface area (Å²) < 4.78 is 5.40. The standard InChI is InChI=1S/C65H119NO5/c1-3-5-7-9-11-13-15-17-18-19-20-24-27-30-34-37-41-45-49-53-57-63(68)62(61-67)66-64(69)58-54-50-46-42-38-35-31-28-25-22-21-23-26-29-32-36-40-44-48-52-56-60-71-65(70)59-55-51-47-43-39-33-16-14-12-10-8-6-4-2/h8,10,14,16,36,40,48,52-53,57,62-63,67-68H,3-7,9,11-13,15,17-35,37-39,41-47,49-51,54-56,58-61H2,1-2H3,(H,66,69)/b10-8-,16-14-,40-36-,52-48-,57-53+. The summed E-state index contributed by atoms with van der Waals surface area (Å²) in [4.78, 5) is 24.5. The molecule has 0 rings (SSSR count). The van der Waals surface area contributed by atoms with Crippen LogP contribution in [0.3, 0.4) is 0 Å². The molecule has 414 valence electrons. The summed E-state index contributed by atoms with van der Waals surface area (Å²) in [5.41, 5.74) is 0. The lowest BCUT2D eigenvalue weighted by Gasteiger charge is -2.20. The average Bonchev–Trinajstić information content (AvgIpc) is 3.37. The van der Waals surface area contributed by atoms with Crippen molar-refractivity contribution in [2.24, 2.45) is 0 Å². The van der Waals surface area contributed by atoms with Crippen LogP contribution in [0.2, 0.25) is 0 Å². The molecule has 0 fully saturated rings. The molecule has 0 bridgehead atoms. The first-order valence-electron chi connectivity index (χ1n) is 31.1. The first-order valence-corrected chi connectivity index (χ1v) is 31.1. The van der Waals surface area contributed by atoms with E-state index in [0.717, 1.165) is 64.2 Å². The Kier molecular flexibility index (Phi) is 58.1. The Morgan fingerprint density at radius 2 is 0.732 bits per heavy atom. The van der Waals surface area contributed by atoms with Gasteiger partial charge in [0.15, 0.2) is 0 Å². The number of amides is 1. The van der Waals surface area contributed by atoms with Crippen molar-refractivity contribution in [2.45, 2.75) is 328 Å². The van der Waals surface area contributed by atoms with E-state index >= 15 is 0 Å². The van der Waals surface area contributed by atoms with Crippen LogP contribution in [0, 0.1) is 0 Å². The molecule has 2 atom stereocenters. The maximum atomic E-state index is 12.5. The summed E-state index contributed by atoms with van der Waals surface area (Å²) in [7, 11) is 0. The Hall–Kier alpha value is -2.44. The van der Waals surface area contributed by atoms with E-state index in [1.54, 1.807) is 6.08 Å². The van der Waals surface area contributed by atoms with Gasteiger partial charge in [-0.1, -0.05) is 286 Å². The van der Waals surface area contributed by atoms with Gasteiger partial charge in [-0.05, 0) is 77.0 Å². The molecule has 0 aliphatic heterocycles. The molecule has 71 heavy (non-hydrogen) atoms. The zero-order chi connectivity index (χ0) is 51.4. The van der Waals surface area contributed by atoms with Crippen LogP contribution < -0.4 is 5.32 Å². The number of rotatable bonds is 57. The summed E-state index contributed by atoms with van der Waals surface area (Å²) in [6.07, 6.45) is 78.4. The number of carbonyl (C=O) groups excluding carboxylic acids is 2. The van der Waals surface area contributed by atoms with E-state index in [4.69, 9.17) is 4.74 Å². The van der Waals surface area contributed by atoms with Gasteiger partial charge in [0.1, 0.15) is 0 Å². The van der Waals surface area contributed by atoms with Gasteiger partial charge in [-0.15, -0.1) is 0 Å². The molecule has 2 unspecified atom stereocenters. The van der Waals surface area contributed by atoms with E-state index in [0.29, 0.717) is 19.4 Å². The Bertz CT molecular complexity index is 1240. The molecule has 0 aromatic rings. The number of hydrogen-bond donors (Lipinski definition) is 3. The topological polar surface area (TPSA) is 95.9 Å². The maximum Gasteiger partial charge on any atom is 0.305 e. The van der Waals surface area contributed by atoms with Crippen LogP contribution in [-0.4, -0.2) is 47.4 Å². The molecule has 1 amide bonds. The minimum atomic E-state index is -0.850. The fraction of sp³-hybridized carbons (Fsp3) is 0.815. The number of aliphatic hydroxyl groups is 2. The number of aliphatic hydroxyl groups excluding tert-OH is 2. The van der Waals surface area contributed by atoms with Crippen molar-refractivity contribution in [1.29, 1.82) is 0 Å². The van der Waals surface area contributed by atoms with Crippen LogP contribution in [0.4, 0.5) is 0 Å². The number of esters is 1. The van der Waals surface area contributed by atoms with Crippen LogP contribution in [0.5, 0.6) is 0 Å². The monoisotopic (exact) mass is 994 g/mol. The normalized spacial score (nSPS) is 13.0. The Morgan fingerprint density at radius 1 is 0.394 bits per heavy atom. The summed E-state index contributed by atoms with van der Waals surface area (Å²) in [5, 5.41) is 23.2. The molecular weight excluding hydrogens is 875 g/mol. The molecule has 0 aliphatic rings. The lowest BCUT2D eigenvalue weighted by atomic mass is 10.0. The molecular formula is C65H119NO5. The molecule has 0 heterocycles. The third-order valence-electron chi connectivity index (χ3n) is 14.0. The van der Waals surface area contributed by atoms with Crippen molar-refractivity contribution in [2.75, 3.05) is 13.2 Å². The zero-order valence-electron chi connectivity index (χ0n) is 47.2. The maximum absolute atomic E-state index is 12.5. The molecule has 0 saturated carbocycles. The predicted molar refractivity (Wildman–Crippen MR) is 310 cm³/mol. The number of hydrogen-bond acceptors (Lipinski definition) is 5. The van der Waals surface area contributed by atoms with E-state index in [1.807, 2.05) is 6.08 Å². The molecule has 0 aliphatic carbocycles. The van der Waals surface area contributed by atoms with Gasteiger partial charge in [-0.25, -0.2) is 0 Å². The molecule has 6 heteroatoms. The molecule has 3 N–H and O–H groups in total. The van der Waals surface area contributed by atoms with Crippen LogP contribution in [-0.2, 0) is 14.3 Å². The number of carbonyl (C=O) groups is 2. The number of unbranched alkanes of at least 4 members (excludes halogenated alkanes) is 38. The van der Waals surface area contributed by atoms with Gasteiger partial charge in [0, 0.05) is 12.8 Å². The SMILES string of the molecule is CCC/C=C\C/C=C\CCCCCCCC(=O)OCC/C=C\C/C=C\CCCCCCCCCCCCCCCCC(=O)NC(CO)C(O)/C=C/CCCCCCCCCCCCCCCCCCCC. The highest BCUT2D eigenvalue weighted by Crippen LogP contribution is 2.17. The summed E-state index contributed by atoms with van der Waals surface area (Å²) in [6, 6.07) is -0.634. The predicted octanol–water partition coefficient (Wildman–Crippen LogP) is 19.5. The third kappa shape index (κ3) is 56.7. The van der Waals surface area contributed by atoms with Crippen molar-refractivity contribution in [3.63, 3.8) is 0 Å². The van der Waals surface area contributed by atoms with Gasteiger partial charge < -0.3 is 20.3 Å². The molecule has 6 nitrogen and oxygen atoms in total. The van der Waals surface area contributed by atoms with Crippen LogP contribution >= 0.6 is 0 Å². The van der Waals surface area contributed by atoms with E-state index in [2.05, 4.69) is 67.8 Å². The Labute approximate surface area is 441 Å². The Morgan fingerprint density at radius 3 is 1.13 bits per heavy atom. The highest BCUT2D eigenvalue weighted by atomic mass is 16.5. The fourth-order valence-electron chi connectivity index (χ4n) is 9.28. The van der Waals surface area contributed by atoms with E-state index in [9.17, 15) is 19.8 Å². The summed E-state index contributed by atoms with van der Waals surface area (Å²) in [5.74, 6) is -0.123. The van der Waals surface area contributed by atoms with Crippen molar-refractivity contribution in [1.82, 2.24) is 5.32 Å². The second-order valence-corrected chi connectivity index (χ2v) is 21.0. The summed E-state index contributed by atoms with van der Waals surface area (Å²) in [6.45, 7) is 4.73. The number of nitrogens with one attached hydrogen (secondary N) is 1. The highest BCUT2D eigenvalue weighted by Gasteiger charge is 2.18. The van der Waals surface area contributed by atoms with Gasteiger partial charge >= 0.3 is 5.97 Å². The Balaban J connectivity index is 3.50. The van der Waals surface area contributed by atoms with Crippen molar-refractivity contribution in [3.8, 4) is 0 Å². The van der Waals surface area contributed by atoms with E-state index in [-0.39, 0.29) is 18.5 Å². The average molecular weight is 995 g/mol. The second-order valence-electron chi connectivity index (χ2n) is 21.0. The third-order valence-corrected chi connectivity index (χ3v) is 14.0. The zero-order valence-corrected chi connectivity index (χ0v) is 47.2. The van der Waals surface area contributed by atoms with Crippen molar-refractivity contribution in [3.05, 3.63) is 60.8 Å². The number of allylic oxidation sites excluding steroid dienone is 8. The second kappa shape index (κ2) is 60.1. The smallest absolute Gasteiger partial charge is 0.305 e. The van der Waals surface area contributed by atoms with Gasteiger partial charge in [-0.3, -0.25) is 9.59 Å². The van der Waals surface area contributed by atoms with Crippen molar-refractivity contribution >= 4 is 11.9 Å². The van der Waals surface area contributed by atoms with Gasteiger partial charge in [-0.2, -0.15) is 0 Å². The molecule has 0 aromatic carbocycles. The molecule has 0 spiro atoms. The summed E-state index contributed by atoms with van der Waals surface area (Å²) >= 11 is 0. The van der Waals surface area contributed by atoms with E-state index in [1.165, 1.54) is 225 Å². The molecule has 0 aromatic heterocycles. The van der Waals surface area contributed by atoms with Gasteiger partial charge in [0.05, 0.1) is 25.4 Å². The highest BCUT2D eigenvalue weighted by molar-refractivity contribution is 5.76. The fourth-order valence-corrected chi connectivity index (χ4v) is 9.28. The van der Waals surface area contributed by atoms with Crippen LogP contribution in [0.15, 0.2) is 60.8 Å². The first-order chi connectivity index (χ1) is 35.0. The van der Waals surface area contributed by atoms with Crippen molar-refractivity contribution < 1.29 is 24.5 Å². The minimum Gasteiger partial charge on any atom is -0.465 e. The molecule has 0 radical (unpaired) electrons. The van der Waals surface area contributed by atoms with E-state index < -0.39 is 12.1 Å².